The van der Waals surface area contributed by atoms with E-state index >= 15 is 0 Å². The zero-order valence-electron chi connectivity index (χ0n) is 9.30. The van der Waals surface area contributed by atoms with E-state index in [4.69, 9.17) is 10.2 Å². The summed E-state index contributed by atoms with van der Waals surface area (Å²) in [7, 11) is 0. The van der Waals surface area contributed by atoms with E-state index in [2.05, 4.69) is 6.92 Å². The first-order valence-electron chi connectivity index (χ1n) is 5.24. The van der Waals surface area contributed by atoms with Gasteiger partial charge in [0, 0.05) is 0 Å². The number of phenolic OH excluding ortho intramolecular Hbond substituents is 2. The van der Waals surface area contributed by atoms with Gasteiger partial charge in [0.15, 0.2) is 0 Å². The third-order valence-corrected chi connectivity index (χ3v) is 2.08. The minimum absolute atomic E-state index is 0.322. The third kappa shape index (κ3) is 4.51. The Hall–Kier alpha value is -1.96. The van der Waals surface area contributed by atoms with Crippen LogP contribution in [0, 0.1) is 0 Å². The van der Waals surface area contributed by atoms with Crippen LogP contribution in [0.25, 0.3) is 0 Å². The van der Waals surface area contributed by atoms with Crippen LogP contribution in [-0.4, -0.2) is 10.2 Å². The molecular formula is C14H16O2. The molecule has 0 heterocycles. The molecule has 0 unspecified atom stereocenters. The second-order valence-corrected chi connectivity index (χ2v) is 3.36. The van der Waals surface area contributed by atoms with E-state index in [0.29, 0.717) is 11.5 Å². The summed E-state index contributed by atoms with van der Waals surface area (Å²) in [5.74, 6) is 0.678. The first-order valence-corrected chi connectivity index (χ1v) is 5.24. The fourth-order valence-corrected chi connectivity index (χ4v) is 1.20. The molecule has 0 radical (unpaired) electrons. The van der Waals surface area contributed by atoms with Gasteiger partial charge in [-0.2, -0.15) is 0 Å². The number of rotatable bonds is 1. The number of phenols is 2. The van der Waals surface area contributed by atoms with E-state index in [1.54, 1.807) is 36.4 Å². The van der Waals surface area contributed by atoms with E-state index in [1.165, 1.54) is 5.56 Å². The minimum atomic E-state index is 0.322. The number of para-hydroxylation sites is 1. The fraction of sp³-hybridized carbons (Fsp3) is 0.143. The molecule has 0 saturated heterocycles. The van der Waals surface area contributed by atoms with Crippen molar-refractivity contribution >= 4 is 0 Å². The van der Waals surface area contributed by atoms with Crippen LogP contribution < -0.4 is 0 Å². The molecule has 0 spiro atoms. The van der Waals surface area contributed by atoms with Crippen molar-refractivity contribution < 1.29 is 10.2 Å². The second-order valence-electron chi connectivity index (χ2n) is 3.36. The normalized spacial score (nSPS) is 9.06. The van der Waals surface area contributed by atoms with Crippen LogP contribution >= 0.6 is 0 Å². The molecule has 0 aliphatic rings. The third-order valence-electron chi connectivity index (χ3n) is 2.08. The quantitative estimate of drug-likeness (QED) is 0.767. The van der Waals surface area contributed by atoms with Crippen LogP contribution in [0.5, 0.6) is 11.5 Å². The van der Waals surface area contributed by atoms with Gasteiger partial charge >= 0.3 is 0 Å². The van der Waals surface area contributed by atoms with Crippen molar-refractivity contribution in [2.45, 2.75) is 13.3 Å². The molecule has 0 amide bonds. The highest BCUT2D eigenvalue weighted by Gasteiger charge is 1.87. The van der Waals surface area contributed by atoms with Gasteiger partial charge in [0.05, 0.1) is 0 Å². The zero-order valence-corrected chi connectivity index (χ0v) is 9.30. The van der Waals surface area contributed by atoms with Gasteiger partial charge in [-0.15, -0.1) is 0 Å². The SMILES string of the molecule is CCc1cccc(O)c1.Oc1ccccc1. The summed E-state index contributed by atoms with van der Waals surface area (Å²) in [6, 6.07) is 16.0. The summed E-state index contributed by atoms with van der Waals surface area (Å²) in [6.45, 7) is 2.06. The number of aryl methyl sites for hydroxylation is 1. The smallest absolute Gasteiger partial charge is 0.115 e. The predicted molar refractivity (Wildman–Crippen MR) is 65.6 cm³/mol. The average Bonchev–Trinajstić information content (AvgIpc) is 2.31. The maximum Gasteiger partial charge on any atom is 0.115 e. The van der Waals surface area contributed by atoms with Crippen molar-refractivity contribution in [2.75, 3.05) is 0 Å². The van der Waals surface area contributed by atoms with Gasteiger partial charge in [0.2, 0.25) is 0 Å². The highest BCUT2D eigenvalue weighted by atomic mass is 16.3. The molecule has 2 N–H and O–H groups in total. The summed E-state index contributed by atoms with van der Waals surface area (Å²) in [6.07, 6.45) is 0.981. The molecule has 0 aliphatic carbocycles. The van der Waals surface area contributed by atoms with Crippen molar-refractivity contribution in [3.63, 3.8) is 0 Å². The molecule has 84 valence electrons. The van der Waals surface area contributed by atoms with Gasteiger partial charge < -0.3 is 10.2 Å². The molecule has 16 heavy (non-hydrogen) atoms. The van der Waals surface area contributed by atoms with Crippen molar-refractivity contribution in [1.29, 1.82) is 0 Å². The first-order chi connectivity index (χ1) is 7.72. The Labute approximate surface area is 95.8 Å². The lowest BCUT2D eigenvalue weighted by Gasteiger charge is -1.94. The lowest BCUT2D eigenvalue weighted by atomic mass is 10.2. The Morgan fingerprint density at radius 1 is 0.812 bits per heavy atom. The van der Waals surface area contributed by atoms with Gasteiger partial charge in [0.1, 0.15) is 11.5 Å². The molecule has 0 aliphatic heterocycles. The summed E-state index contributed by atoms with van der Waals surface area (Å²) in [5, 5.41) is 17.6. The Morgan fingerprint density at radius 2 is 1.44 bits per heavy atom. The first kappa shape index (κ1) is 12.1. The maximum atomic E-state index is 8.94. The number of aromatic hydroxyl groups is 2. The fourth-order valence-electron chi connectivity index (χ4n) is 1.20. The molecule has 0 fully saturated rings. The van der Waals surface area contributed by atoms with Crippen molar-refractivity contribution in [1.82, 2.24) is 0 Å². The Bertz CT molecular complexity index is 410. The molecular weight excluding hydrogens is 200 g/mol. The highest BCUT2D eigenvalue weighted by molar-refractivity contribution is 5.26. The van der Waals surface area contributed by atoms with Gasteiger partial charge in [-0.3, -0.25) is 0 Å². The highest BCUT2D eigenvalue weighted by Crippen LogP contribution is 2.10. The minimum Gasteiger partial charge on any atom is -0.508 e. The standard InChI is InChI=1S/C8H10O.C6H6O/c1-2-7-4-3-5-8(9)6-7;7-6-4-2-1-3-5-6/h3-6,9H,2H2,1H3;1-5,7H. The molecule has 2 rings (SSSR count). The van der Waals surface area contributed by atoms with Crippen molar-refractivity contribution in [3.05, 3.63) is 60.2 Å². The van der Waals surface area contributed by atoms with Crippen LogP contribution in [0.2, 0.25) is 0 Å². The zero-order chi connectivity index (χ0) is 11.8. The van der Waals surface area contributed by atoms with Gasteiger partial charge in [-0.1, -0.05) is 37.3 Å². The lowest BCUT2D eigenvalue weighted by Crippen LogP contribution is -1.75. The van der Waals surface area contributed by atoms with E-state index in [9.17, 15) is 0 Å². The number of hydrogen-bond donors (Lipinski definition) is 2. The number of hydrogen-bond acceptors (Lipinski definition) is 2. The van der Waals surface area contributed by atoms with E-state index < -0.39 is 0 Å². The molecule has 0 saturated carbocycles. The molecule has 0 aromatic heterocycles. The van der Waals surface area contributed by atoms with Crippen molar-refractivity contribution in [2.24, 2.45) is 0 Å². The summed E-state index contributed by atoms with van der Waals surface area (Å²) in [4.78, 5) is 0. The summed E-state index contributed by atoms with van der Waals surface area (Å²) in [5.41, 5.74) is 1.18. The summed E-state index contributed by atoms with van der Waals surface area (Å²) < 4.78 is 0. The van der Waals surface area contributed by atoms with Gasteiger partial charge in [-0.05, 0) is 36.2 Å². The Kier molecular flexibility index (Phi) is 4.93. The predicted octanol–water partition coefficient (Wildman–Crippen LogP) is 3.35. The van der Waals surface area contributed by atoms with E-state index in [1.807, 2.05) is 18.2 Å². The van der Waals surface area contributed by atoms with Crippen LogP contribution in [0.4, 0.5) is 0 Å². The monoisotopic (exact) mass is 216 g/mol. The van der Waals surface area contributed by atoms with E-state index in [-0.39, 0.29) is 0 Å². The van der Waals surface area contributed by atoms with Crippen LogP contribution in [-0.2, 0) is 6.42 Å². The molecule has 2 aromatic carbocycles. The molecule has 2 nitrogen and oxygen atoms in total. The van der Waals surface area contributed by atoms with E-state index in [0.717, 1.165) is 6.42 Å². The van der Waals surface area contributed by atoms with Crippen LogP contribution in [0.15, 0.2) is 54.6 Å². The average molecular weight is 216 g/mol. The number of benzene rings is 2. The molecule has 2 aromatic rings. The molecule has 0 bridgehead atoms. The van der Waals surface area contributed by atoms with Gasteiger partial charge in [0.25, 0.3) is 0 Å². The summed E-state index contributed by atoms with van der Waals surface area (Å²) >= 11 is 0. The second kappa shape index (κ2) is 6.51. The maximum absolute atomic E-state index is 8.94. The Balaban J connectivity index is 0.000000165. The molecule has 2 heteroatoms. The Morgan fingerprint density at radius 3 is 1.81 bits per heavy atom. The largest absolute Gasteiger partial charge is 0.508 e. The lowest BCUT2D eigenvalue weighted by molar-refractivity contribution is 0.474. The van der Waals surface area contributed by atoms with Crippen LogP contribution in [0.1, 0.15) is 12.5 Å². The topological polar surface area (TPSA) is 40.5 Å². The van der Waals surface area contributed by atoms with Gasteiger partial charge in [-0.25, -0.2) is 0 Å². The van der Waals surface area contributed by atoms with Crippen LogP contribution in [0.3, 0.4) is 0 Å². The van der Waals surface area contributed by atoms with Crippen molar-refractivity contribution in [3.8, 4) is 11.5 Å². The molecule has 0 atom stereocenters.